The molecule has 0 saturated carbocycles. The topological polar surface area (TPSA) is 110 Å². The van der Waals surface area contributed by atoms with Gasteiger partial charge in [-0.05, 0) is 12.8 Å². The summed E-state index contributed by atoms with van der Waals surface area (Å²) in [5, 5.41) is 2.64. The van der Waals surface area contributed by atoms with Gasteiger partial charge in [0.25, 0.3) is 10.1 Å². The number of carbonyl (C=O) groups is 2. The van der Waals surface area contributed by atoms with Gasteiger partial charge in [0.05, 0.1) is 18.8 Å². The molecular weight excluding hydrogens is 274 g/mol. The van der Waals surface area contributed by atoms with Crippen molar-refractivity contribution in [3.8, 4) is 0 Å². The van der Waals surface area contributed by atoms with Crippen molar-refractivity contribution in [2.24, 2.45) is 5.41 Å². The Morgan fingerprint density at radius 2 is 2.21 bits per heavy atom. The first kappa shape index (κ1) is 15.9. The van der Waals surface area contributed by atoms with Crippen LogP contribution in [0.1, 0.15) is 33.1 Å². The summed E-state index contributed by atoms with van der Waals surface area (Å²) in [7, 11) is -4.07. The molecule has 1 fully saturated rings. The van der Waals surface area contributed by atoms with Crippen LogP contribution >= 0.6 is 0 Å². The van der Waals surface area contributed by atoms with Gasteiger partial charge in [0.1, 0.15) is 0 Å². The minimum absolute atomic E-state index is 0.0994. The first-order valence-electron chi connectivity index (χ1n) is 5.98. The molecule has 19 heavy (non-hydrogen) atoms. The number of rotatable bonds is 6. The van der Waals surface area contributed by atoms with Crippen LogP contribution in [0.3, 0.4) is 0 Å². The minimum Gasteiger partial charge on any atom is -0.465 e. The van der Waals surface area contributed by atoms with E-state index in [4.69, 9.17) is 9.29 Å². The predicted molar refractivity (Wildman–Crippen MR) is 66.9 cm³/mol. The lowest BCUT2D eigenvalue weighted by molar-refractivity contribution is -0.138. The van der Waals surface area contributed by atoms with Crippen molar-refractivity contribution in [3.63, 3.8) is 0 Å². The second kappa shape index (κ2) is 5.87. The highest BCUT2D eigenvalue weighted by atomic mass is 32.2. The zero-order chi connectivity index (χ0) is 14.7. The smallest absolute Gasteiger partial charge is 0.306 e. The van der Waals surface area contributed by atoms with Gasteiger partial charge >= 0.3 is 5.97 Å². The zero-order valence-corrected chi connectivity index (χ0v) is 11.8. The molecule has 0 spiro atoms. The molecule has 2 N–H and O–H groups in total. The van der Waals surface area contributed by atoms with Crippen LogP contribution in [0.2, 0.25) is 0 Å². The first-order chi connectivity index (χ1) is 8.60. The third kappa shape index (κ3) is 6.02. The lowest BCUT2D eigenvalue weighted by Crippen LogP contribution is -2.39. The second-order valence-corrected chi connectivity index (χ2v) is 6.90. The van der Waals surface area contributed by atoms with Gasteiger partial charge in [0.2, 0.25) is 5.91 Å². The van der Waals surface area contributed by atoms with Crippen molar-refractivity contribution in [2.45, 2.75) is 39.2 Å². The molecule has 0 aromatic carbocycles. The van der Waals surface area contributed by atoms with Crippen molar-refractivity contribution >= 4 is 22.0 Å². The van der Waals surface area contributed by atoms with E-state index >= 15 is 0 Å². The Hall–Kier alpha value is -1.15. The molecule has 1 saturated heterocycles. The number of cyclic esters (lactones) is 1. The molecular formula is C11H19NO6S. The highest BCUT2D eigenvalue weighted by Gasteiger charge is 2.38. The highest BCUT2D eigenvalue weighted by Crippen LogP contribution is 2.34. The Kier molecular flexibility index (Phi) is 4.92. The van der Waals surface area contributed by atoms with E-state index in [-0.39, 0.29) is 31.3 Å². The quantitative estimate of drug-likeness (QED) is 0.531. The van der Waals surface area contributed by atoms with Crippen molar-refractivity contribution < 1.29 is 27.3 Å². The molecule has 0 radical (unpaired) electrons. The summed E-state index contributed by atoms with van der Waals surface area (Å²) in [5.41, 5.74) is -0.413. The number of carbonyl (C=O) groups excluding carboxylic acids is 2. The fourth-order valence-electron chi connectivity index (χ4n) is 2.24. The van der Waals surface area contributed by atoms with Crippen LogP contribution in [0.25, 0.3) is 0 Å². The largest absolute Gasteiger partial charge is 0.465 e. The number of nitrogens with one attached hydrogen (secondary N) is 1. The van der Waals surface area contributed by atoms with Crippen molar-refractivity contribution in [1.82, 2.24) is 5.32 Å². The van der Waals surface area contributed by atoms with Gasteiger partial charge in [-0.1, -0.05) is 6.92 Å². The minimum atomic E-state index is -4.07. The van der Waals surface area contributed by atoms with Crippen molar-refractivity contribution in [2.75, 3.05) is 12.4 Å². The molecule has 8 heteroatoms. The van der Waals surface area contributed by atoms with E-state index in [1.807, 2.05) is 6.92 Å². The molecule has 1 aliphatic rings. The monoisotopic (exact) mass is 293 g/mol. The summed E-state index contributed by atoms with van der Waals surface area (Å²) in [6, 6.07) is -0.418. The van der Waals surface area contributed by atoms with Gasteiger partial charge in [-0.25, -0.2) is 0 Å². The standard InChI is InChI=1S/C11H19NO6S/c1-8(13)12-9(3-4-19(15,16)17)5-11(2)6-10(14)18-7-11/h9H,3-7H2,1-2H3,(H,12,13)(H,15,16,17). The molecule has 1 rings (SSSR count). The summed E-state index contributed by atoms with van der Waals surface area (Å²) in [5.74, 6) is -1.00. The second-order valence-electron chi connectivity index (χ2n) is 5.32. The molecule has 1 heterocycles. The van der Waals surface area contributed by atoms with Gasteiger partial charge in [-0.3, -0.25) is 14.1 Å². The Morgan fingerprint density at radius 1 is 1.58 bits per heavy atom. The fourth-order valence-corrected chi connectivity index (χ4v) is 2.82. The molecule has 0 aromatic rings. The fraction of sp³-hybridized carbons (Fsp3) is 0.818. The van der Waals surface area contributed by atoms with Gasteiger partial charge < -0.3 is 10.1 Å². The maximum absolute atomic E-state index is 11.1. The third-order valence-corrected chi connectivity index (χ3v) is 3.78. The van der Waals surface area contributed by atoms with Crippen molar-refractivity contribution in [3.05, 3.63) is 0 Å². The van der Waals surface area contributed by atoms with Crippen LogP contribution in [0.5, 0.6) is 0 Å². The molecule has 0 aromatic heterocycles. The normalized spacial score (nSPS) is 24.9. The Morgan fingerprint density at radius 3 is 2.63 bits per heavy atom. The van der Waals surface area contributed by atoms with E-state index in [1.54, 1.807) is 0 Å². The third-order valence-electron chi connectivity index (χ3n) is 3.02. The molecule has 7 nitrogen and oxygen atoms in total. The Labute approximate surface area is 112 Å². The van der Waals surface area contributed by atoms with E-state index in [0.29, 0.717) is 6.42 Å². The Bertz CT molecular complexity index is 460. The average Bonchev–Trinajstić information content (AvgIpc) is 2.53. The van der Waals surface area contributed by atoms with E-state index < -0.39 is 27.3 Å². The number of ether oxygens (including phenoxy) is 1. The number of esters is 1. The lowest BCUT2D eigenvalue weighted by Gasteiger charge is -2.27. The van der Waals surface area contributed by atoms with Crippen LogP contribution in [0, 0.1) is 5.41 Å². The summed E-state index contributed by atoms with van der Waals surface area (Å²) in [4.78, 5) is 22.2. The molecule has 2 unspecified atom stereocenters. The molecule has 2 atom stereocenters. The molecule has 110 valence electrons. The summed E-state index contributed by atoms with van der Waals surface area (Å²) < 4.78 is 35.2. The lowest BCUT2D eigenvalue weighted by atomic mass is 9.82. The van der Waals surface area contributed by atoms with Gasteiger partial charge in [-0.2, -0.15) is 8.42 Å². The number of amides is 1. The maximum atomic E-state index is 11.1. The van der Waals surface area contributed by atoms with E-state index in [1.165, 1.54) is 6.92 Å². The van der Waals surface area contributed by atoms with Crippen LogP contribution in [0.4, 0.5) is 0 Å². The van der Waals surface area contributed by atoms with Gasteiger partial charge in [0, 0.05) is 18.4 Å². The van der Waals surface area contributed by atoms with Gasteiger partial charge in [-0.15, -0.1) is 0 Å². The highest BCUT2D eigenvalue weighted by molar-refractivity contribution is 7.85. The van der Waals surface area contributed by atoms with E-state index in [0.717, 1.165) is 0 Å². The molecule has 0 bridgehead atoms. The van der Waals surface area contributed by atoms with Crippen LogP contribution in [-0.4, -0.2) is 43.2 Å². The summed E-state index contributed by atoms with van der Waals surface area (Å²) in [6.07, 6.45) is 0.769. The molecule has 1 amide bonds. The van der Waals surface area contributed by atoms with Crippen LogP contribution in [0.15, 0.2) is 0 Å². The summed E-state index contributed by atoms with van der Waals surface area (Å²) >= 11 is 0. The Balaban J connectivity index is 2.63. The SMILES string of the molecule is CC(=O)NC(CCS(=O)(=O)O)CC1(C)COC(=O)C1. The average molecular weight is 293 g/mol. The zero-order valence-electron chi connectivity index (χ0n) is 11.0. The molecule has 1 aliphatic heterocycles. The van der Waals surface area contributed by atoms with Crippen LogP contribution < -0.4 is 5.32 Å². The summed E-state index contributed by atoms with van der Waals surface area (Å²) in [6.45, 7) is 3.44. The predicted octanol–water partition coefficient (Wildman–Crippen LogP) is 0.112. The number of hydrogen-bond acceptors (Lipinski definition) is 5. The first-order valence-corrected chi connectivity index (χ1v) is 7.58. The number of hydrogen-bond donors (Lipinski definition) is 2. The van der Waals surface area contributed by atoms with E-state index in [2.05, 4.69) is 5.32 Å². The van der Waals surface area contributed by atoms with E-state index in [9.17, 15) is 18.0 Å². The molecule has 0 aliphatic carbocycles. The van der Waals surface area contributed by atoms with Crippen LogP contribution in [-0.2, 0) is 24.4 Å². The van der Waals surface area contributed by atoms with Gasteiger partial charge in [0.15, 0.2) is 0 Å². The maximum Gasteiger partial charge on any atom is 0.306 e. The van der Waals surface area contributed by atoms with Crippen molar-refractivity contribution in [1.29, 1.82) is 0 Å².